The van der Waals surface area contributed by atoms with Crippen LogP contribution in [0.1, 0.15) is 46.0 Å². The first-order chi connectivity index (χ1) is 12.1. The smallest absolute Gasteiger partial charge is 0.269 e. The normalized spacial score (nSPS) is 15.2. The Morgan fingerprint density at radius 3 is 2.28 bits per heavy atom. The fraction of sp³-hybridized carbons (Fsp3) is 0.600. The standard InChI is InChI=1S/C20H31N3O2/c1-18(2)8-6-4-3-5-7-13-21-14-16-22(17-15-21)19-9-11-20(12-10-19)23(24)25/h8-12H,3-7,13-17H2,1-2H3. The van der Waals surface area contributed by atoms with Crippen LogP contribution in [0.4, 0.5) is 11.4 Å². The summed E-state index contributed by atoms with van der Waals surface area (Å²) < 4.78 is 0. The van der Waals surface area contributed by atoms with Gasteiger partial charge in [0.1, 0.15) is 0 Å². The second-order valence-corrected chi connectivity index (χ2v) is 7.09. The van der Waals surface area contributed by atoms with E-state index in [1.165, 1.54) is 44.2 Å². The van der Waals surface area contributed by atoms with Crippen molar-refractivity contribution in [2.45, 2.75) is 46.0 Å². The van der Waals surface area contributed by atoms with Crippen molar-refractivity contribution < 1.29 is 4.92 Å². The van der Waals surface area contributed by atoms with Gasteiger partial charge in [-0.25, -0.2) is 0 Å². The van der Waals surface area contributed by atoms with Gasteiger partial charge in [-0.05, 0) is 51.8 Å². The van der Waals surface area contributed by atoms with Crippen molar-refractivity contribution in [3.8, 4) is 0 Å². The zero-order valence-electron chi connectivity index (χ0n) is 15.6. The lowest BCUT2D eigenvalue weighted by Crippen LogP contribution is -2.46. The summed E-state index contributed by atoms with van der Waals surface area (Å²) in [6.07, 6.45) is 8.78. The Bertz CT molecular complexity index is 557. The van der Waals surface area contributed by atoms with Crippen LogP contribution < -0.4 is 4.90 Å². The molecule has 0 aliphatic carbocycles. The Morgan fingerprint density at radius 1 is 1.04 bits per heavy atom. The molecule has 2 rings (SSSR count). The van der Waals surface area contributed by atoms with Crippen LogP contribution in [0.5, 0.6) is 0 Å². The van der Waals surface area contributed by atoms with Crippen molar-refractivity contribution in [3.05, 3.63) is 46.0 Å². The van der Waals surface area contributed by atoms with Gasteiger partial charge in [-0.3, -0.25) is 15.0 Å². The van der Waals surface area contributed by atoms with Crippen molar-refractivity contribution >= 4 is 11.4 Å². The summed E-state index contributed by atoms with van der Waals surface area (Å²) in [6, 6.07) is 6.91. The van der Waals surface area contributed by atoms with Gasteiger partial charge in [0, 0.05) is 44.0 Å². The Labute approximate surface area is 151 Å². The van der Waals surface area contributed by atoms with Crippen LogP contribution in [0, 0.1) is 10.1 Å². The van der Waals surface area contributed by atoms with E-state index < -0.39 is 0 Å². The molecule has 1 aromatic carbocycles. The van der Waals surface area contributed by atoms with Crippen LogP contribution in [-0.4, -0.2) is 42.5 Å². The van der Waals surface area contributed by atoms with Gasteiger partial charge in [0.2, 0.25) is 0 Å². The van der Waals surface area contributed by atoms with Crippen LogP contribution in [-0.2, 0) is 0 Å². The number of unbranched alkanes of at least 4 members (excludes halogenated alkanes) is 4. The van der Waals surface area contributed by atoms with Crippen LogP contribution in [0.25, 0.3) is 0 Å². The van der Waals surface area contributed by atoms with Gasteiger partial charge < -0.3 is 4.90 Å². The van der Waals surface area contributed by atoms with E-state index in [2.05, 4.69) is 29.7 Å². The summed E-state index contributed by atoms with van der Waals surface area (Å²) in [5, 5.41) is 10.7. The molecule has 1 aliphatic heterocycles. The molecule has 25 heavy (non-hydrogen) atoms. The van der Waals surface area contributed by atoms with Crippen molar-refractivity contribution in [1.82, 2.24) is 4.90 Å². The lowest BCUT2D eigenvalue weighted by atomic mass is 10.1. The minimum Gasteiger partial charge on any atom is -0.369 e. The molecule has 0 amide bonds. The Kier molecular flexibility index (Phi) is 7.92. The molecule has 1 aromatic rings. The number of benzene rings is 1. The average molecular weight is 345 g/mol. The first-order valence-electron chi connectivity index (χ1n) is 9.41. The molecular formula is C20H31N3O2. The van der Waals surface area contributed by atoms with E-state index >= 15 is 0 Å². The molecule has 0 aromatic heterocycles. The minimum atomic E-state index is -0.346. The predicted octanol–water partition coefficient (Wildman–Crippen LogP) is 4.63. The zero-order chi connectivity index (χ0) is 18.1. The van der Waals surface area contributed by atoms with E-state index in [-0.39, 0.29) is 10.6 Å². The summed E-state index contributed by atoms with van der Waals surface area (Å²) in [4.78, 5) is 15.2. The number of hydrogen-bond donors (Lipinski definition) is 0. The van der Waals surface area contributed by atoms with Gasteiger partial charge in [-0.2, -0.15) is 0 Å². The van der Waals surface area contributed by atoms with E-state index in [4.69, 9.17) is 0 Å². The molecule has 0 N–H and O–H groups in total. The predicted molar refractivity (Wildman–Crippen MR) is 104 cm³/mol. The third kappa shape index (κ3) is 6.86. The summed E-state index contributed by atoms with van der Waals surface area (Å²) in [5.41, 5.74) is 2.67. The lowest BCUT2D eigenvalue weighted by Gasteiger charge is -2.36. The second-order valence-electron chi connectivity index (χ2n) is 7.09. The highest BCUT2D eigenvalue weighted by Gasteiger charge is 2.17. The van der Waals surface area contributed by atoms with E-state index in [9.17, 15) is 10.1 Å². The highest BCUT2D eigenvalue weighted by Crippen LogP contribution is 2.20. The summed E-state index contributed by atoms with van der Waals surface area (Å²) >= 11 is 0. The summed E-state index contributed by atoms with van der Waals surface area (Å²) in [7, 11) is 0. The number of hydrogen-bond acceptors (Lipinski definition) is 4. The third-order valence-corrected chi connectivity index (χ3v) is 4.78. The van der Waals surface area contributed by atoms with Crippen LogP contribution in [0.2, 0.25) is 0 Å². The largest absolute Gasteiger partial charge is 0.369 e. The average Bonchev–Trinajstić information content (AvgIpc) is 2.61. The van der Waals surface area contributed by atoms with E-state index in [0.29, 0.717) is 0 Å². The van der Waals surface area contributed by atoms with Gasteiger partial charge in [0.15, 0.2) is 0 Å². The second kappa shape index (κ2) is 10.2. The molecule has 0 unspecified atom stereocenters. The molecule has 0 saturated carbocycles. The van der Waals surface area contributed by atoms with Crippen molar-refractivity contribution in [3.63, 3.8) is 0 Å². The molecule has 5 nitrogen and oxygen atoms in total. The maximum atomic E-state index is 10.7. The van der Waals surface area contributed by atoms with Gasteiger partial charge >= 0.3 is 0 Å². The van der Waals surface area contributed by atoms with Crippen LogP contribution >= 0.6 is 0 Å². The fourth-order valence-corrected chi connectivity index (χ4v) is 3.24. The van der Waals surface area contributed by atoms with Crippen molar-refractivity contribution in [2.24, 2.45) is 0 Å². The maximum Gasteiger partial charge on any atom is 0.269 e. The molecule has 0 spiro atoms. The molecule has 0 radical (unpaired) electrons. The number of anilines is 1. The Balaban J connectivity index is 1.61. The molecule has 1 aliphatic rings. The van der Waals surface area contributed by atoms with Crippen LogP contribution in [0.15, 0.2) is 35.9 Å². The molecule has 0 atom stereocenters. The van der Waals surface area contributed by atoms with Gasteiger partial charge in [0.05, 0.1) is 4.92 Å². The van der Waals surface area contributed by atoms with Crippen molar-refractivity contribution in [2.75, 3.05) is 37.6 Å². The number of non-ortho nitro benzene ring substituents is 1. The number of piperazine rings is 1. The monoisotopic (exact) mass is 345 g/mol. The number of nitrogens with zero attached hydrogens (tertiary/aromatic N) is 3. The SMILES string of the molecule is CC(C)=CCCCCCCN1CCN(c2ccc([N+](=O)[O-])cc2)CC1. The molecular weight excluding hydrogens is 314 g/mol. The number of allylic oxidation sites excluding steroid dienone is 2. The highest BCUT2D eigenvalue weighted by atomic mass is 16.6. The molecule has 1 fully saturated rings. The fourth-order valence-electron chi connectivity index (χ4n) is 3.24. The Morgan fingerprint density at radius 2 is 1.68 bits per heavy atom. The molecule has 0 bridgehead atoms. The molecule has 5 heteroatoms. The van der Waals surface area contributed by atoms with Gasteiger partial charge in [-0.15, -0.1) is 0 Å². The van der Waals surface area contributed by atoms with E-state index in [1.807, 2.05) is 12.1 Å². The lowest BCUT2D eigenvalue weighted by molar-refractivity contribution is -0.384. The zero-order valence-corrected chi connectivity index (χ0v) is 15.6. The summed E-state index contributed by atoms with van der Waals surface area (Å²) in [6.45, 7) is 9.67. The van der Waals surface area contributed by atoms with Gasteiger partial charge in [-0.1, -0.05) is 24.5 Å². The number of rotatable bonds is 9. The van der Waals surface area contributed by atoms with E-state index in [1.54, 1.807) is 12.1 Å². The molecule has 138 valence electrons. The highest BCUT2D eigenvalue weighted by molar-refractivity contribution is 5.51. The Hall–Kier alpha value is -1.88. The minimum absolute atomic E-state index is 0.159. The first kappa shape index (κ1) is 19.4. The van der Waals surface area contributed by atoms with Gasteiger partial charge in [0.25, 0.3) is 5.69 Å². The third-order valence-electron chi connectivity index (χ3n) is 4.78. The van der Waals surface area contributed by atoms with Crippen LogP contribution in [0.3, 0.4) is 0 Å². The molecule has 1 saturated heterocycles. The summed E-state index contributed by atoms with van der Waals surface area (Å²) in [5.74, 6) is 0. The topological polar surface area (TPSA) is 49.6 Å². The molecule has 1 heterocycles. The number of nitro groups is 1. The van der Waals surface area contributed by atoms with E-state index in [0.717, 1.165) is 31.9 Å². The number of nitro benzene ring substituents is 1. The maximum absolute atomic E-state index is 10.7. The quantitative estimate of drug-likeness (QED) is 0.283. The van der Waals surface area contributed by atoms with Crippen molar-refractivity contribution in [1.29, 1.82) is 0 Å². The first-order valence-corrected chi connectivity index (χ1v) is 9.41.